The summed E-state index contributed by atoms with van der Waals surface area (Å²) in [6.45, 7) is 8.03. The first-order valence-electron chi connectivity index (χ1n) is 8.75. The van der Waals surface area contributed by atoms with E-state index in [9.17, 15) is 5.11 Å². The fraction of sp³-hybridized carbons (Fsp3) is 0.765. The van der Waals surface area contributed by atoms with Gasteiger partial charge >= 0.3 is 0 Å². The lowest BCUT2D eigenvalue weighted by Gasteiger charge is -2.27. The number of aromatic nitrogens is 1. The van der Waals surface area contributed by atoms with Gasteiger partial charge in [0.2, 0.25) is 0 Å². The Hall–Kier alpha value is -0.410. The van der Waals surface area contributed by atoms with Crippen molar-refractivity contribution in [1.29, 1.82) is 0 Å². The average molecular weight is 466 g/mol. The predicted molar refractivity (Wildman–Crippen MR) is 113 cm³/mol. The van der Waals surface area contributed by atoms with Gasteiger partial charge in [-0.15, -0.1) is 35.3 Å². The Bertz CT molecular complexity index is 499. The summed E-state index contributed by atoms with van der Waals surface area (Å²) in [6, 6.07) is 0.419. The number of guanidine groups is 1. The van der Waals surface area contributed by atoms with Gasteiger partial charge < -0.3 is 15.7 Å². The molecule has 1 aliphatic carbocycles. The third-order valence-electron chi connectivity index (χ3n) is 4.08. The highest BCUT2D eigenvalue weighted by Gasteiger charge is 2.19. The number of aliphatic hydroxyl groups excluding tert-OH is 1. The Morgan fingerprint density at radius 1 is 1.38 bits per heavy atom. The number of nitrogens with one attached hydrogen (secondary N) is 2. The highest BCUT2D eigenvalue weighted by Crippen LogP contribution is 2.19. The van der Waals surface area contributed by atoms with Crippen molar-refractivity contribution in [1.82, 2.24) is 15.6 Å². The van der Waals surface area contributed by atoms with E-state index in [0.717, 1.165) is 56.8 Å². The summed E-state index contributed by atoms with van der Waals surface area (Å²) in [5.74, 6) is 1.38. The van der Waals surface area contributed by atoms with Crippen LogP contribution < -0.4 is 10.6 Å². The lowest BCUT2D eigenvalue weighted by Crippen LogP contribution is -2.45. The zero-order valence-electron chi connectivity index (χ0n) is 14.9. The van der Waals surface area contributed by atoms with E-state index in [1.54, 1.807) is 11.3 Å². The van der Waals surface area contributed by atoms with Crippen LogP contribution in [0.15, 0.2) is 10.4 Å². The van der Waals surface area contributed by atoms with Crippen molar-refractivity contribution >= 4 is 41.3 Å². The first kappa shape index (κ1) is 21.6. The molecular formula is C17H31IN4OS. The van der Waals surface area contributed by atoms with E-state index in [-0.39, 0.29) is 30.1 Å². The van der Waals surface area contributed by atoms with Gasteiger partial charge in [0.05, 0.1) is 16.8 Å². The van der Waals surface area contributed by atoms with E-state index < -0.39 is 0 Å². The summed E-state index contributed by atoms with van der Waals surface area (Å²) in [4.78, 5) is 9.33. The van der Waals surface area contributed by atoms with Gasteiger partial charge in [-0.1, -0.05) is 13.8 Å². The van der Waals surface area contributed by atoms with Gasteiger partial charge in [0.25, 0.3) is 0 Å². The molecule has 0 saturated heterocycles. The fourth-order valence-corrected chi connectivity index (χ4v) is 3.59. The normalized spacial score (nSPS) is 21.5. The second-order valence-corrected chi connectivity index (χ2v) is 7.38. The quantitative estimate of drug-likeness (QED) is 0.342. The molecule has 0 amide bonds. The van der Waals surface area contributed by atoms with Gasteiger partial charge in [-0.25, -0.2) is 4.98 Å². The maximum Gasteiger partial charge on any atom is 0.191 e. The van der Waals surface area contributed by atoms with Crippen LogP contribution >= 0.6 is 35.3 Å². The molecule has 1 heterocycles. The number of aliphatic hydroxyl groups is 1. The van der Waals surface area contributed by atoms with Gasteiger partial charge in [0, 0.05) is 36.9 Å². The van der Waals surface area contributed by atoms with Crippen molar-refractivity contribution in [3.63, 3.8) is 0 Å². The average Bonchev–Trinajstić information content (AvgIpc) is 2.99. The molecule has 1 saturated carbocycles. The molecule has 5 nitrogen and oxygen atoms in total. The second kappa shape index (κ2) is 11.3. The van der Waals surface area contributed by atoms with Crippen LogP contribution in [0, 0.1) is 0 Å². The van der Waals surface area contributed by atoms with Crippen molar-refractivity contribution in [2.45, 2.75) is 70.9 Å². The molecule has 0 spiro atoms. The molecule has 0 bridgehead atoms. The summed E-state index contributed by atoms with van der Waals surface area (Å²) >= 11 is 1.74. The smallest absolute Gasteiger partial charge is 0.191 e. The largest absolute Gasteiger partial charge is 0.393 e. The molecule has 1 aromatic rings. The van der Waals surface area contributed by atoms with E-state index in [2.05, 4.69) is 46.8 Å². The van der Waals surface area contributed by atoms with Crippen molar-refractivity contribution in [3.8, 4) is 0 Å². The van der Waals surface area contributed by atoms with Crippen molar-refractivity contribution < 1.29 is 5.11 Å². The van der Waals surface area contributed by atoms with E-state index in [0.29, 0.717) is 12.0 Å². The zero-order valence-corrected chi connectivity index (χ0v) is 18.1. The van der Waals surface area contributed by atoms with Crippen LogP contribution in [0.4, 0.5) is 0 Å². The van der Waals surface area contributed by atoms with E-state index in [1.165, 1.54) is 5.01 Å². The molecule has 0 unspecified atom stereocenters. The number of thiazole rings is 1. The van der Waals surface area contributed by atoms with E-state index in [4.69, 9.17) is 0 Å². The first-order chi connectivity index (χ1) is 11.1. The monoisotopic (exact) mass is 466 g/mol. The minimum atomic E-state index is -0.118. The van der Waals surface area contributed by atoms with E-state index >= 15 is 0 Å². The predicted octanol–water partition coefficient (Wildman–Crippen LogP) is 3.29. The number of halogens is 1. The second-order valence-electron chi connectivity index (χ2n) is 6.49. The van der Waals surface area contributed by atoms with Crippen LogP contribution in [0.5, 0.6) is 0 Å². The van der Waals surface area contributed by atoms with Crippen LogP contribution in [0.25, 0.3) is 0 Å². The van der Waals surface area contributed by atoms with Gasteiger partial charge in [0.1, 0.15) is 0 Å². The highest BCUT2D eigenvalue weighted by atomic mass is 127. The van der Waals surface area contributed by atoms with Gasteiger partial charge in [-0.2, -0.15) is 0 Å². The molecule has 2 rings (SSSR count). The van der Waals surface area contributed by atoms with Crippen molar-refractivity contribution in [2.24, 2.45) is 4.99 Å². The molecule has 24 heavy (non-hydrogen) atoms. The molecule has 0 radical (unpaired) electrons. The molecule has 0 aliphatic heterocycles. The molecule has 0 atom stereocenters. The van der Waals surface area contributed by atoms with E-state index in [1.807, 2.05) is 0 Å². The first-order valence-corrected chi connectivity index (χ1v) is 9.63. The Morgan fingerprint density at radius 2 is 2.08 bits per heavy atom. The lowest BCUT2D eigenvalue weighted by atomic mass is 9.93. The summed E-state index contributed by atoms with van der Waals surface area (Å²) < 4.78 is 0. The highest BCUT2D eigenvalue weighted by molar-refractivity contribution is 14.0. The van der Waals surface area contributed by atoms with Crippen LogP contribution in [0.3, 0.4) is 0 Å². The number of nitrogens with zero attached hydrogens (tertiary/aromatic N) is 2. The summed E-state index contributed by atoms with van der Waals surface area (Å²) in [5, 5.41) is 19.7. The molecular weight excluding hydrogens is 435 g/mol. The third kappa shape index (κ3) is 7.23. The molecule has 1 fully saturated rings. The topological polar surface area (TPSA) is 69.5 Å². The van der Waals surface area contributed by atoms with Crippen LogP contribution in [-0.4, -0.2) is 41.3 Å². The summed E-state index contributed by atoms with van der Waals surface area (Å²) in [6.07, 6.45) is 4.54. The van der Waals surface area contributed by atoms with Crippen LogP contribution in [0.2, 0.25) is 0 Å². The zero-order chi connectivity index (χ0) is 16.7. The van der Waals surface area contributed by atoms with Crippen LogP contribution in [0.1, 0.15) is 63.1 Å². The minimum Gasteiger partial charge on any atom is -0.393 e. The molecule has 1 aromatic heterocycles. The maximum atomic E-state index is 9.59. The van der Waals surface area contributed by atoms with Crippen LogP contribution in [-0.2, 0) is 6.42 Å². The molecule has 7 heteroatoms. The number of aliphatic imine (C=N–C) groups is 1. The number of hydrogen-bond acceptors (Lipinski definition) is 4. The Balaban J connectivity index is 0.00000288. The minimum absolute atomic E-state index is 0. The Labute approximate surface area is 166 Å². The van der Waals surface area contributed by atoms with Gasteiger partial charge in [-0.3, -0.25) is 4.99 Å². The number of hydrogen-bond donors (Lipinski definition) is 3. The van der Waals surface area contributed by atoms with Crippen molar-refractivity contribution in [2.75, 3.05) is 13.1 Å². The number of rotatable bonds is 6. The summed E-state index contributed by atoms with van der Waals surface area (Å²) in [7, 11) is 0. The molecule has 138 valence electrons. The summed E-state index contributed by atoms with van der Waals surface area (Å²) in [5.41, 5.74) is 1.14. The SMILES string of the molecule is CCNC(=NCCc1csc(C(C)C)n1)NC1CCC(O)CC1.I. The molecule has 1 aliphatic rings. The Morgan fingerprint density at radius 3 is 2.67 bits per heavy atom. The third-order valence-corrected chi connectivity index (χ3v) is 5.28. The molecule has 0 aromatic carbocycles. The van der Waals surface area contributed by atoms with Gasteiger partial charge in [-0.05, 0) is 32.6 Å². The molecule has 3 N–H and O–H groups in total. The van der Waals surface area contributed by atoms with Crippen molar-refractivity contribution in [3.05, 3.63) is 16.1 Å². The standard InChI is InChI=1S/C17H30N4OS.HI/c1-4-18-17(21-13-5-7-15(22)8-6-13)19-10-9-14-11-23-16(20-14)12(2)3;/h11-13,15,22H,4-10H2,1-3H3,(H2,18,19,21);1H. The lowest BCUT2D eigenvalue weighted by molar-refractivity contribution is 0.120. The van der Waals surface area contributed by atoms with Gasteiger partial charge in [0.15, 0.2) is 5.96 Å². The maximum absolute atomic E-state index is 9.59. The fourth-order valence-electron chi connectivity index (χ4n) is 2.72. The Kier molecular flexibility index (Phi) is 10.1.